The number of nitrogens with one attached hydrogen (secondary N) is 1. The molecule has 0 aliphatic carbocycles. The third-order valence-electron chi connectivity index (χ3n) is 2.91. The van der Waals surface area contributed by atoms with Crippen molar-refractivity contribution >= 4 is 0 Å². The third kappa shape index (κ3) is 5.41. The van der Waals surface area contributed by atoms with Gasteiger partial charge in [0.1, 0.15) is 6.61 Å². The second kappa shape index (κ2) is 8.81. The van der Waals surface area contributed by atoms with Crippen molar-refractivity contribution in [3.63, 3.8) is 0 Å². The Balaban J connectivity index is 2.21. The van der Waals surface area contributed by atoms with Gasteiger partial charge in [0.05, 0.1) is 7.11 Å². The molecule has 3 heteroatoms. The monoisotopic (exact) mass is 251 g/mol. The van der Waals surface area contributed by atoms with Crippen LogP contribution in [0.5, 0.6) is 11.5 Å². The summed E-state index contributed by atoms with van der Waals surface area (Å²) in [7, 11) is 1.66. The van der Waals surface area contributed by atoms with E-state index in [0.717, 1.165) is 18.0 Å². The molecule has 0 radical (unpaired) electrons. The largest absolute Gasteiger partial charge is 0.493 e. The van der Waals surface area contributed by atoms with Gasteiger partial charge in [0.15, 0.2) is 11.5 Å². The maximum absolute atomic E-state index is 5.70. The van der Waals surface area contributed by atoms with Gasteiger partial charge in [0.25, 0.3) is 0 Å². The molecule has 18 heavy (non-hydrogen) atoms. The van der Waals surface area contributed by atoms with Crippen LogP contribution in [0.3, 0.4) is 0 Å². The van der Waals surface area contributed by atoms with Gasteiger partial charge in [-0.05, 0) is 25.5 Å². The number of hydrogen-bond acceptors (Lipinski definition) is 3. The fraction of sp³-hybridized carbons (Fsp3) is 0.600. The molecule has 0 bridgehead atoms. The Morgan fingerprint density at radius 2 is 1.94 bits per heavy atom. The number of ether oxygens (including phenoxy) is 2. The lowest BCUT2D eigenvalue weighted by Crippen LogP contribution is -2.30. The van der Waals surface area contributed by atoms with Gasteiger partial charge in [-0.1, -0.05) is 31.9 Å². The molecule has 102 valence electrons. The Morgan fingerprint density at radius 3 is 2.61 bits per heavy atom. The van der Waals surface area contributed by atoms with Crippen molar-refractivity contribution < 1.29 is 9.47 Å². The first-order chi connectivity index (χ1) is 8.77. The lowest BCUT2D eigenvalue weighted by atomic mass is 10.1. The van der Waals surface area contributed by atoms with Gasteiger partial charge in [-0.2, -0.15) is 0 Å². The average Bonchev–Trinajstić information content (AvgIpc) is 2.41. The number of unbranched alkanes of at least 4 members (excludes halogenated alkanes) is 1. The smallest absolute Gasteiger partial charge is 0.161 e. The van der Waals surface area contributed by atoms with E-state index in [1.807, 2.05) is 24.3 Å². The first kappa shape index (κ1) is 14.8. The van der Waals surface area contributed by atoms with E-state index in [0.29, 0.717) is 12.6 Å². The van der Waals surface area contributed by atoms with Crippen molar-refractivity contribution in [3.05, 3.63) is 24.3 Å². The molecule has 0 aromatic heterocycles. The lowest BCUT2D eigenvalue weighted by Gasteiger charge is -2.14. The summed E-state index contributed by atoms with van der Waals surface area (Å²) in [5.74, 6) is 1.60. The Kier molecular flexibility index (Phi) is 7.26. The molecule has 0 saturated carbocycles. The minimum Gasteiger partial charge on any atom is -0.493 e. The minimum absolute atomic E-state index is 0.561. The van der Waals surface area contributed by atoms with Gasteiger partial charge in [0.2, 0.25) is 0 Å². The van der Waals surface area contributed by atoms with Gasteiger partial charge in [-0.15, -0.1) is 0 Å². The second-order valence-electron chi connectivity index (χ2n) is 4.50. The van der Waals surface area contributed by atoms with E-state index in [-0.39, 0.29) is 0 Å². The number of hydrogen-bond donors (Lipinski definition) is 1. The number of benzene rings is 1. The molecule has 1 aromatic carbocycles. The fourth-order valence-electron chi connectivity index (χ4n) is 1.82. The Morgan fingerprint density at radius 1 is 1.22 bits per heavy atom. The van der Waals surface area contributed by atoms with Crippen molar-refractivity contribution in [1.29, 1.82) is 0 Å². The van der Waals surface area contributed by atoms with Crippen LogP contribution in [0.25, 0.3) is 0 Å². The summed E-state index contributed by atoms with van der Waals surface area (Å²) in [6.07, 6.45) is 3.76. The van der Waals surface area contributed by atoms with Crippen molar-refractivity contribution in [3.8, 4) is 11.5 Å². The summed E-state index contributed by atoms with van der Waals surface area (Å²) in [4.78, 5) is 0. The molecule has 0 fully saturated rings. The molecule has 0 heterocycles. The van der Waals surface area contributed by atoms with E-state index in [2.05, 4.69) is 19.2 Å². The quantitative estimate of drug-likeness (QED) is 0.683. The van der Waals surface area contributed by atoms with Crippen molar-refractivity contribution in [1.82, 2.24) is 5.32 Å². The fourth-order valence-corrected chi connectivity index (χ4v) is 1.82. The van der Waals surface area contributed by atoms with Gasteiger partial charge < -0.3 is 14.8 Å². The van der Waals surface area contributed by atoms with Crippen LogP contribution in [-0.2, 0) is 0 Å². The first-order valence-corrected chi connectivity index (χ1v) is 6.77. The summed E-state index contributed by atoms with van der Waals surface area (Å²) in [6, 6.07) is 8.30. The van der Waals surface area contributed by atoms with E-state index in [1.165, 1.54) is 19.3 Å². The lowest BCUT2D eigenvalue weighted by molar-refractivity contribution is 0.285. The van der Waals surface area contributed by atoms with E-state index < -0.39 is 0 Å². The standard InChI is InChI=1S/C15H25NO2/c1-4-5-8-13(2)16-11-12-18-15-10-7-6-9-14(15)17-3/h6-7,9-10,13,16H,4-5,8,11-12H2,1-3H3. The van der Waals surface area contributed by atoms with Gasteiger partial charge in [-0.25, -0.2) is 0 Å². The highest BCUT2D eigenvalue weighted by molar-refractivity contribution is 5.39. The molecular weight excluding hydrogens is 226 g/mol. The zero-order valence-corrected chi connectivity index (χ0v) is 11.7. The van der Waals surface area contributed by atoms with Crippen molar-refractivity contribution in [2.75, 3.05) is 20.3 Å². The molecule has 1 rings (SSSR count). The highest BCUT2D eigenvalue weighted by atomic mass is 16.5. The molecule has 1 N–H and O–H groups in total. The maximum atomic E-state index is 5.70. The topological polar surface area (TPSA) is 30.5 Å². The summed E-state index contributed by atoms with van der Waals surface area (Å²) in [5.41, 5.74) is 0. The van der Waals surface area contributed by atoms with Crippen LogP contribution >= 0.6 is 0 Å². The summed E-state index contributed by atoms with van der Waals surface area (Å²) in [6.45, 7) is 5.97. The molecular formula is C15H25NO2. The number of para-hydroxylation sites is 2. The van der Waals surface area contributed by atoms with Crippen LogP contribution in [0.1, 0.15) is 33.1 Å². The number of methoxy groups -OCH3 is 1. The molecule has 0 saturated heterocycles. The van der Waals surface area contributed by atoms with E-state index in [9.17, 15) is 0 Å². The van der Waals surface area contributed by atoms with E-state index >= 15 is 0 Å². The van der Waals surface area contributed by atoms with E-state index in [4.69, 9.17) is 9.47 Å². The zero-order chi connectivity index (χ0) is 13.2. The van der Waals surface area contributed by atoms with Crippen LogP contribution in [-0.4, -0.2) is 26.3 Å². The third-order valence-corrected chi connectivity index (χ3v) is 2.91. The molecule has 1 unspecified atom stereocenters. The zero-order valence-electron chi connectivity index (χ0n) is 11.7. The SMILES string of the molecule is CCCCC(C)NCCOc1ccccc1OC. The van der Waals surface area contributed by atoms with Gasteiger partial charge in [-0.3, -0.25) is 0 Å². The van der Waals surface area contributed by atoms with Crippen molar-refractivity contribution in [2.45, 2.75) is 39.2 Å². The Labute approximate surface area is 110 Å². The van der Waals surface area contributed by atoms with Crippen molar-refractivity contribution in [2.24, 2.45) is 0 Å². The number of rotatable bonds is 9. The molecule has 0 spiro atoms. The van der Waals surface area contributed by atoms with Crippen LogP contribution in [0, 0.1) is 0 Å². The normalized spacial score (nSPS) is 12.2. The summed E-state index contributed by atoms with van der Waals surface area (Å²) >= 11 is 0. The summed E-state index contributed by atoms with van der Waals surface area (Å²) in [5, 5.41) is 3.46. The van der Waals surface area contributed by atoms with Crippen LogP contribution < -0.4 is 14.8 Å². The molecule has 1 aromatic rings. The highest BCUT2D eigenvalue weighted by Crippen LogP contribution is 2.25. The molecule has 0 aliphatic rings. The Bertz CT molecular complexity index is 328. The Hall–Kier alpha value is -1.22. The first-order valence-electron chi connectivity index (χ1n) is 6.77. The van der Waals surface area contributed by atoms with Crippen LogP contribution in [0.2, 0.25) is 0 Å². The molecule has 0 aliphatic heterocycles. The predicted molar refractivity (Wildman–Crippen MR) is 75.5 cm³/mol. The predicted octanol–water partition coefficient (Wildman–Crippen LogP) is 3.24. The van der Waals surface area contributed by atoms with Crippen LogP contribution in [0.15, 0.2) is 24.3 Å². The molecule has 1 atom stereocenters. The maximum Gasteiger partial charge on any atom is 0.161 e. The van der Waals surface area contributed by atoms with Gasteiger partial charge >= 0.3 is 0 Å². The highest BCUT2D eigenvalue weighted by Gasteiger charge is 2.03. The second-order valence-corrected chi connectivity index (χ2v) is 4.50. The van der Waals surface area contributed by atoms with Crippen LogP contribution in [0.4, 0.5) is 0 Å². The average molecular weight is 251 g/mol. The molecule has 0 amide bonds. The minimum atomic E-state index is 0.561. The van der Waals surface area contributed by atoms with Gasteiger partial charge in [0, 0.05) is 12.6 Å². The van der Waals surface area contributed by atoms with E-state index in [1.54, 1.807) is 7.11 Å². The molecule has 3 nitrogen and oxygen atoms in total. The summed E-state index contributed by atoms with van der Waals surface area (Å²) < 4.78 is 10.9.